The van der Waals surface area contributed by atoms with Crippen LogP contribution in [0, 0.1) is 10.1 Å². The first-order valence-corrected chi connectivity index (χ1v) is 10.8. The molecule has 0 aliphatic heterocycles. The highest BCUT2D eigenvalue weighted by Crippen LogP contribution is 2.41. The number of benzene rings is 3. The highest BCUT2D eigenvalue weighted by atomic mass is 16.6. The second-order valence-electron chi connectivity index (χ2n) is 7.49. The van der Waals surface area contributed by atoms with Crippen molar-refractivity contribution in [3.05, 3.63) is 70.3 Å². The summed E-state index contributed by atoms with van der Waals surface area (Å²) in [6.07, 6.45) is 0. The van der Waals surface area contributed by atoms with Gasteiger partial charge in [-0.25, -0.2) is 0 Å². The molecule has 0 spiro atoms. The van der Waals surface area contributed by atoms with Crippen molar-refractivity contribution < 1.29 is 28.4 Å². The zero-order chi connectivity index (χ0) is 25.7. The SMILES string of the molecule is COc1ccccc1CNc1ccc(-c2nc(-c3cc(OC)c(OC)c(OC)c3)no2)cc1[N+](=O)[O-]. The predicted molar refractivity (Wildman–Crippen MR) is 132 cm³/mol. The number of rotatable bonds is 10. The van der Waals surface area contributed by atoms with E-state index < -0.39 is 4.92 Å². The minimum atomic E-state index is -0.468. The molecule has 0 saturated carbocycles. The third kappa shape index (κ3) is 4.85. The van der Waals surface area contributed by atoms with Crippen LogP contribution in [0.4, 0.5) is 11.4 Å². The van der Waals surface area contributed by atoms with Crippen LogP contribution < -0.4 is 24.3 Å². The second kappa shape index (κ2) is 10.6. The third-order valence-electron chi connectivity index (χ3n) is 5.45. The van der Waals surface area contributed by atoms with Gasteiger partial charge in [0.2, 0.25) is 11.6 Å². The number of hydrogen-bond donors (Lipinski definition) is 1. The molecule has 36 heavy (non-hydrogen) atoms. The number of anilines is 1. The van der Waals surface area contributed by atoms with E-state index in [0.717, 1.165) is 5.56 Å². The van der Waals surface area contributed by atoms with Gasteiger partial charge in [-0.2, -0.15) is 4.98 Å². The van der Waals surface area contributed by atoms with Crippen molar-refractivity contribution in [3.63, 3.8) is 0 Å². The van der Waals surface area contributed by atoms with Gasteiger partial charge in [-0.3, -0.25) is 10.1 Å². The first kappa shape index (κ1) is 24.3. The van der Waals surface area contributed by atoms with Gasteiger partial charge in [0.1, 0.15) is 11.4 Å². The van der Waals surface area contributed by atoms with Gasteiger partial charge in [0.15, 0.2) is 11.5 Å². The fourth-order valence-electron chi connectivity index (χ4n) is 3.67. The highest BCUT2D eigenvalue weighted by molar-refractivity contribution is 5.72. The van der Waals surface area contributed by atoms with Gasteiger partial charge in [-0.05, 0) is 30.3 Å². The molecular formula is C25H24N4O7. The minimum Gasteiger partial charge on any atom is -0.496 e. The average molecular weight is 492 g/mol. The topological polar surface area (TPSA) is 131 Å². The first-order chi connectivity index (χ1) is 17.5. The van der Waals surface area contributed by atoms with E-state index in [9.17, 15) is 10.1 Å². The van der Waals surface area contributed by atoms with E-state index in [-0.39, 0.29) is 17.4 Å². The normalized spacial score (nSPS) is 10.6. The standard InChI is InChI=1S/C25H24N4O7/c1-32-20-8-6-5-7-16(20)14-26-18-10-9-15(11-19(18)29(30)31)25-27-24(28-36-25)17-12-21(33-2)23(35-4)22(13-17)34-3/h5-13,26H,14H2,1-4H3. The van der Waals surface area contributed by atoms with Crippen LogP contribution in [0.1, 0.15) is 5.56 Å². The fourth-order valence-corrected chi connectivity index (χ4v) is 3.67. The number of nitro benzene ring substituents is 1. The third-order valence-corrected chi connectivity index (χ3v) is 5.45. The summed E-state index contributed by atoms with van der Waals surface area (Å²) in [5.74, 6) is 2.36. The number of nitro groups is 1. The average Bonchev–Trinajstić information content (AvgIpc) is 3.41. The van der Waals surface area contributed by atoms with Crippen molar-refractivity contribution in [2.75, 3.05) is 33.8 Å². The molecule has 0 bridgehead atoms. The van der Waals surface area contributed by atoms with Gasteiger partial charge in [0.25, 0.3) is 11.6 Å². The molecule has 1 heterocycles. The summed E-state index contributed by atoms with van der Waals surface area (Å²) >= 11 is 0. The molecule has 1 aromatic heterocycles. The molecule has 4 aromatic rings. The lowest BCUT2D eigenvalue weighted by Gasteiger charge is -2.12. The zero-order valence-electron chi connectivity index (χ0n) is 20.1. The Balaban J connectivity index is 1.63. The van der Waals surface area contributed by atoms with E-state index in [2.05, 4.69) is 15.5 Å². The van der Waals surface area contributed by atoms with Crippen LogP contribution >= 0.6 is 0 Å². The van der Waals surface area contributed by atoms with Crippen LogP contribution in [0.15, 0.2) is 59.1 Å². The molecule has 0 saturated heterocycles. The van der Waals surface area contributed by atoms with Crippen molar-refractivity contribution in [2.24, 2.45) is 0 Å². The summed E-state index contributed by atoms with van der Waals surface area (Å²) < 4.78 is 26.8. The summed E-state index contributed by atoms with van der Waals surface area (Å²) in [5, 5.41) is 18.9. The van der Waals surface area contributed by atoms with Gasteiger partial charge in [-0.1, -0.05) is 23.4 Å². The Morgan fingerprint density at radius 3 is 2.22 bits per heavy atom. The molecule has 0 aliphatic rings. The maximum atomic E-state index is 11.8. The first-order valence-electron chi connectivity index (χ1n) is 10.8. The highest BCUT2D eigenvalue weighted by Gasteiger charge is 2.21. The number of ether oxygens (including phenoxy) is 4. The Hall–Kier alpha value is -4.80. The zero-order valence-corrected chi connectivity index (χ0v) is 20.1. The van der Waals surface area contributed by atoms with Crippen LogP contribution in [-0.4, -0.2) is 43.5 Å². The summed E-state index contributed by atoms with van der Waals surface area (Å²) in [4.78, 5) is 15.7. The van der Waals surface area contributed by atoms with Crippen molar-refractivity contribution in [2.45, 2.75) is 6.54 Å². The van der Waals surface area contributed by atoms with Crippen LogP contribution in [0.2, 0.25) is 0 Å². The monoisotopic (exact) mass is 492 g/mol. The van der Waals surface area contributed by atoms with Crippen LogP contribution in [-0.2, 0) is 6.54 Å². The van der Waals surface area contributed by atoms with E-state index in [4.69, 9.17) is 23.5 Å². The lowest BCUT2D eigenvalue weighted by atomic mass is 10.1. The number of methoxy groups -OCH3 is 4. The molecule has 0 amide bonds. The summed E-state index contributed by atoms with van der Waals surface area (Å²) in [5.41, 5.74) is 2.04. The second-order valence-corrected chi connectivity index (χ2v) is 7.49. The Bertz CT molecular complexity index is 1360. The molecule has 0 aliphatic carbocycles. The van der Waals surface area contributed by atoms with Crippen LogP contribution in [0.3, 0.4) is 0 Å². The van der Waals surface area contributed by atoms with Crippen molar-refractivity contribution in [3.8, 4) is 45.8 Å². The van der Waals surface area contributed by atoms with Gasteiger partial charge in [-0.15, -0.1) is 0 Å². The predicted octanol–water partition coefficient (Wildman–Crippen LogP) is 4.96. The smallest absolute Gasteiger partial charge is 0.293 e. The molecule has 4 rings (SSSR count). The Labute approximate surface area is 206 Å². The summed E-state index contributed by atoms with van der Waals surface area (Å²) in [7, 11) is 6.09. The summed E-state index contributed by atoms with van der Waals surface area (Å²) in [6, 6.07) is 15.5. The molecular weight excluding hydrogens is 468 g/mol. The number of nitrogens with one attached hydrogen (secondary N) is 1. The molecule has 186 valence electrons. The molecule has 0 fully saturated rings. The maximum absolute atomic E-state index is 11.8. The molecule has 11 heteroatoms. The maximum Gasteiger partial charge on any atom is 0.293 e. The summed E-state index contributed by atoms with van der Waals surface area (Å²) in [6.45, 7) is 0.343. The molecule has 0 radical (unpaired) electrons. The lowest BCUT2D eigenvalue weighted by molar-refractivity contribution is -0.383. The number of hydrogen-bond acceptors (Lipinski definition) is 10. The van der Waals surface area contributed by atoms with E-state index in [1.807, 2.05) is 24.3 Å². The molecule has 1 N–H and O–H groups in total. The Morgan fingerprint density at radius 2 is 1.58 bits per heavy atom. The quantitative estimate of drug-likeness (QED) is 0.239. The van der Waals surface area contributed by atoms with Gasteiger partial charge in [0.05, 0.1) is 33.4 Å². The number of aromatic nitrogens is 2. The van der Waals surface area contributed by atoms with Crippen molar-refractivity contribution >= 4 is 11.4 Å². The van der Waals surface area contributed by atoms with Gasteiger partial charge < -0.3 is 28.8 Å². The largest absolute Gasteiger partial charge is 0.496 e. The van der Waals surface area contributed by atoms with Crippen molar-refractivity contribution in [1.82, 2.24) is 10.1 Å². The minimum absolute atomic E-state index is 0.123. The molecule has 0 atom stereocenters. The van der Waals surface area contributed by atoms with E-state index in [0.29, 0.717) is 46.4 Å². The Kier molecular flexibility index (Phi) is 7.19. The molecule has 3 aromatic carbocycles. The van der Waals surface area contributed by atoms with Crippen LogP contribution in [0.25, 0.3) is 22.8 Å². The number of nitrogens with zero attached hydrogens (tertiary/aromatic N) is 3. The van der Waals surface area contributed by atoms with E-state index >= 15 is 0 Å². The van der Waals surface area contributed by atoms with Gasteiger partial charge in [0, 0.05) is 29.3 Å². The van der Waals surface area contributed by atoms with Gasteiger partial charge >= 0.3 is 0 Å². The number of para-hydroxylation sites is 1. The molecule has 0 unspecified atom stereocenters. The Morgan fingerprint density at radius 1 is 0.889 bits per heavy atom. The van der Waals surface area contributed by atoms with E-state index in [1.165, 1.54) is 27.4 Å². The van der Waals surface area contributed by atoms with Crippen molar-refractivity contribution in [1.29, 1.82) is 0 Å². The molecule has 11 nitrogen and oxygen atoms in total. The van der Waals surface area contributed by atoms with E-state index in [1.54, 1.807) is 31.4 Å². The lowest BCUT2D eigenvalue weighted by Crippen LogP contribution is -2.04. The van der Waals surface area contributed by atoms with Crippen LogP contribution in [0.5, 0.6) is 23.0 Å². The fraction of sp³-hybridized carbons (Fsp3) is 0.200.